The molecule has 8 heteroatoms. The molecule has 1 aliphatic rings. The molecule has 0 amide bonds. The second kappa shape index (κ2) is 7.09. The first-order valence-corrected chi connectivity index (χ1v) is 6.13. The zero-order chi connectivity index (χ0) is 12.8. The Morgan fingerprint density at radius 3 is 2.76 bits per heavy atom. The van der Waals surface area contributed by atoms with Crippen LogP contribution in [0.2, 0.25) is 0 Å². The van der Waals surface area contributed by atoms with Gasteiger partial charge in [-0.25, -0.2) is 3.11 Å². The maximum absolute atomic E-state index is 11.2. The SMILES string of the molecule is NC1CN(I)CC(COC(=O)CCC(=O)O)O1. The lowest BCUT2D eigenvalue weighted by molar-refractivity contribution is -0.154. The number of morpholine rings is 1. The summed E-state index contributed by atoms with van der Waals surface area (Å²) in [6.45, 7) is 1.36. The van der Waals surface area contributed by atoms with Crippen molar-refractivity contribution in [3.05, 3.63) is 0 Å². The monoisotopic (exact) mass is 358 g/mol. The van der Waals surface area contributed by atoms with Crippen LogP contribution in [0.1, 0.15) is 12.8 Å². The van der Waals surface area contributed by atoms with E-state index in [1.165, 1.54) is 0 Å². The molecule has 0 radical (unpaired) electrons. The van der Waals surface area contributed by atoms with E-state index in [0.29, 0.717) is 13.1 Å². The first kappa shape index (κ1) is 14.6. The van der Waals surface area contributed by atoms with Gasteiger partial charge >= 0.3 is 11.9 Å². The van der Waals surface area contributed by atoms with E-state index >= 15 is 0 Å². The van der Waals surface area contributed by atoms with E-state index in [-0.39, 0.29) is 31.8 Å². The van der Waals surface area contributed by atoms with Gasteiger partial charge in [-0.3, -0.25) is 9.59 Å². The van der Waals surface area contributed by atoms with Gasteiger partial charge < -0.3 is 20.3 Å². The molecule has 1 fully saturated rings. The molecule has 0 aromatic heterocycles. The number of carbonyl (C=O) groups excluding carboxylic acids is 1. The number of rotatable bonds is 5. The van der Waals surface area contributed by atoms with E-state index in [0.717, 1.165) is 0 Å². The fourth-order valence-electron chi connectivity index (χ4n) is 1.38. The number of hydrogen-bond acceptors (Lipinski definition) is 6. The minimum Gasteiger partial charge on any atom is -0.481 e. The predicted molar refractivity (Wildman–Crippen MR) is 66.3 cm³/mol. The molecular weight excluding hydrogens is 343 g/mol. The third-order valence-corrected chi connectivity index (χ3v) is 2.91. The molecule has 0 aromatic rings. The molecule has 7 nitrogen and oxygen atoms in total. The fourth-order valence-corrected chi connectivity index (χ4v) is 2.21. The highest BCUT2D eigenvalue weighted by molar-refractivity contribution is 14.1. The lowest BCUT2D eigenvalue weighted by Crippen LogP contribution is -2.49. The van der Waals surface area contributed by atoms with E-state index < -0.39 is 11.9 Å². The summed E-state index contributed by atoms with van der Waals surface area (Å²) in [5, 5.41) is 8.39. The topological polar surface area (TPSA) is 102 Å². The van der Waals surface area contributed by atoms with Crippen LogP contribution < -0.4 is 5.73 Å². The van der Waals surface area contributed by atoms with E-state index in [2.05, 4.69) is 22.9 Å². The molecule has 0 spiro atoms. The van der Waals surface area contributed by atoms with Crippen molar-refractivity contribution in [2.45, 2.75) is 25.2 Å². The molecule has 2 unspecified atom stereocenters. The molecule has 1 saturated heterocycles. The molecule has 3 N–H and O–H groups in total. The lowest BCUT2D eigenvalue weighted by atomic mass is 10.3. The molecule has 0 bridgehead atoms. The van der Waals surface area contributed by atoms with Crippen LogP contribution in [0.25, 0.3) is 0 Å². The number of aliphatic carboxylic acids is 1. The Hall–Kier alpha value is -0.450. The Labute approximate surface area is 113 Å². The van der Waals surface area contributed by atoms with Gasteiger partial charge in [0.05, 0.1) is 12.8 Å². The van der Waals surface area contributed by atoms with E-state index in [9.17, 15) is 9.59 Å². The van der Waals surface area contributed by atoms with Gasteiger partial charge in [0.2, 0.25) is 0 Å². The third-order valence-electron chi connectivity index (χ3n) is 2.12. The summed E-state index contributed by atoms with van der Waals surface area (Å²) < 4.78 is 12.2. The average Bonchev–Trinajstić information content (AvgIpc) is 2.22. The molecule has 0 saturated carbocycles. The first-order chi connectivity index (χ1) is 7.97. The molecule has 0 aromatic carbocycles. The van der Waals surface area contributed by atoms with Crippen LogP contribution in [0.3, 0.4) is 0 Å². The van der Waals surface area contributed by atoms with Gasteiger partial charge in [0.15, 0.2) is 0 Å². The molecule has 17 heavy (non-hydrogen) atoms. The molecule has 1 aliphatic heterocycles. The van der Waals surface area contributed by atoms with E-state index in [4.69, 9.17) is 20.3 Å². The van der Waals surface area contributed by atoms with Crippen molar-refractivity contribution in [2.75, 3.05) is 19.7 Å². The second-order valence-electron chi connectivity index (χ2n) is 3.70. The fraction of sp³-hybridized carbons (Fsp3) is 0.778. The minimum atomic E-state index is -1.02. The summed E-state index contributed by atoms with van der Waals surface area (Å²) in [7, 11) is 0. The van der Waals surface area contributed by atoms with Crippen molar-refractivity contribution < 1.29 is 24.2 Å². The third kappa shape index (κ3) is 6.15. The number of hydrogen-bond donors (Lipinski definition) is 2. The molecule has 1 heterocycles. The highest BCUT2D eigenvalue weighted by Gasteiger charge is 2.25. The zero-order valence-electron chi connectivity index (χ0n) is 9.17. The summed E-state index contributed by atoms with van der Waals surface area (Å²) in [5.41, 5.74) is 5.63. The van der Waals surface area contributed by atoms with Crippen LogP contribution in [-0.2, 0) is 19.1 Å². The first-order valence-electron chi connectivity index (χ1n) is 5.16. The molecule has 1 rings (SSSR count). The normalized spacial score (nSPS) is 25.5. The number of carbonyl (C=O) groups is 2. The number of halogens is 1. The van der Waals surface area contributed by atoms with Crippen LogP contribution >= 0.6 is 22.9 Å². The van der Waals surface area contributed by atoms with Gasteiger partial charge in [-0.15, -0.1) is 0 Å². The van der Waals surface area contributed by atoms with Gasteiger partial charge in [-0.2, -0.15) is 0 Å². The molecular formula is C9H15IN2O5. The van der Waals surface area contributed by atoms with E-state index in [1.54, 1.807) is 0 Å². The number of carboxylic acid groups (broad SMARTS) is 1. The maximum atomic E-state index is 11.2. The van der Waals surface area contributed by atoms with Gasteiger partial charge in [0.25, 0.3) is 0 Å². The number of nitrogens with two attached hydrogens (primary N) is 1. The van der Waals surface area contributed by atoms with Gasteiger partial charge in [0, 0.05) is 36.0 Å². The van der Waals surface area contributed by atoms with Crippen LogP contribution in [0.4, 0.5) is 0 Å². The molecule has 98 valence electrons. The van der Waals surface area contributed by atoms with Crippen molar-refractivity contribution in [3.8, 4) is 0 Å². The molecule has 0 aliphatic carbocycles. The summed E-state index contributed by atoms with van der Waals surface area (Å²) in [4.78, 5) is 21.4. The molecule has 2 atom stereocenters. The van der Waals surface area contributed by atoms with Crippen molar-refractivity contribution in [1.29, 1.82) is 0 Å². The van der Waals surface area contributed by atoms with Gasteiger partial charge in [0.1, 0.15) is 18.9 Å². The number of carboxylic acids is 1. The Kier molecular flexibility index (Phi) is 6.09. The second-order valence-corrected chi connectivity index (χ2v) is 5.07. The maximum Gasteiger partial charge on any atom is 0.306 e. The lowest BCUT2D eigenvalue weighted by Gasteiger charge is -2.32. The number of ether oxygens (including phenoxy) is 2. The van der Waals surface area contributed by atoms with Crippen molar-refractivity contribution in [3.63, 3.8) is 0 Å². The predicted octanol–water partition coefficient (Wildman–Crippen LogP) is -0.270. The number of esters is 1. The summed E-state index contributed by atoms with van der Waals surface area (Å²) in [5.74, 6) is -1.55. The summed E-state index contributed by atoms with van der Waals surface area (Å²) in [6, 6.07) is 0. The highest BCUT2D eigenvalue weighted by atomic mass is 127. The van der Waals surface area contributed by atoms with Crippen molar-refractivity contribution >= 4 is 34.8 Å². The van der Waals surface area contributed by atoms with Gasteiger partial charge in [-0.05, 0) is 0 Å². The minimum absolute atomic E-state index is 0.103. The van der Waals surface area contributed by atoms with Crippen LogP contribution in [0, 0.1) is 0 Å². The van der Waals surface area contributed by atoms with Crippen molar-refractivity contribution in [1.82, 2.24) is 3.11 Å². The van der Waals surface area contributed by atoms with Gasteiger partial charge in [-0.1, -0.05) is 0 Å². The smallest absolute Gasteiger partial charge is 0.306 e. The Morgan fingerprint density at radius 2 is 2.18 bits per heavy atom. The standard InChI is InChI=1S/C9H15IN2O5/c10-12-3-6(17-7(11)4-12)5-16-9(15)2-1-8(13)14/h6-7H,1-5,11H2,(H,13,14). The Bertz CT molecular complexity index is 279. The quantitative estimate of drug-likeness (QED) is 0.396. The zero-order valence-corrected chi connectivity index (χ0v) is 11.3. The van der Waals surface area contributed by atoms with Crippen molar-refractivity contribution in [2.24, 2.45) is 5.73 Å². The Balaban J connectivity index is 2.21. The van der Waals surface area contributed by atoms with E-state index in [1.807, 2.05) is 3.11 Å². The highest BCUT2D eigenvalue weighted by Crippen LogP contribution is 2.12. The average molecular weight is 358 g/mol. The summed E-state index contributed by atoms with van der Waals surface area (Å²) >= 11 is 2.12. The van der Waals surface area contributed by atoms with Crippen LogP contribution in [-0.4, -0.2) is 52.2 Å². The largest absolute Gasteiger partial charge is 0.481 e. The Morgan fingerprint density at radius 1 is 1.47 bits per heavy atom. The van der Waals surface area contributed by atoms with Crippen LogP contribution in [0.15, 0.2) is 0 Å². The number of nitrogens with zero attached hydrogens (tertiary/aromatic N) is 1. The summed E-state index contributed by atoms with van der Waals surface area (Å²) in [6.07, 6.45) is -0.988. The van der Waals surface area contributed by atoms with Crippen LogP contribution in [0.5, 0.6) is 0 Å².